The minimum absolute atomic E-state index is 0.474. The number of rotatable bonds is 9. The maximum absolute atomic E-state index is 4.00. The van der Waals surface area contributed by atoms with Crippen LogP contribution >= 0.6 is 0 Å². The van der Waals surface area contributed by atoms with E-state index in [9.17, 15) is 0 Å². The van der Waals surface area contributed by atoms with Gasteiger partial charge < -0.3 is 5.32 Å². The lowest BCUT2D eigenvalue weighted by atomic mass is 9.77. The fourth-order valence-corrected chi connectivity index (χ4v) is 3.39. The lowest BCUT2D eigenvalue weighted by Gasteiger charge is -2.32. The first kappa shape index (κ1) is 16.0. The summed E-state index contributed by atoms with van der Waals surface area (Å²) in [5.74, 6) is 1.89. The average molecular weight is 252 g/mol. The van der Waals surface area contributed by atoms with E-state index in [1.165, 1.54) is 58.0 Å². The second-order valence-electron chi connectivity index (χ2n) is 6.89. The van der Waals surface area contributed by atoms with Gasteiger partial charge in [0.2, 0.25) is 0 Å². The summed E-state index contributed by atoms with van der Waals surface area (Å²) >= 11 is 0. The molecule has 0 aliphatic heterocycles. The van der Waals surface area contributed by atoms with Gasteiger partial charge in [-0.05, 0) is 43.1 Å². The van der Waals surface area contributed by atoms with E-state index >= 15 is 0 Å². The minimum atomic E-state index is 0.474. The molecular formula is C17H34N. The molecule has 0 aromatic carbocycles. The maximum atomic E-state index is 4.00. The summed E-state index contributed by atoms with van der Waals surface area (Å²) < 4.78 is 0. The Bertz CT molecular complexity index is 210. The van der Waals surface area contributed by atoms with Crippen LogP contribution in [0.3, 0.4) is 0 Å². The maximum Gasteiger partial charge on any atom is 0.000517 e. The van der Waals surface area contributed by atoms with Gasteiger partial charge in [-0.1, -0.05) is 59.8 Å². The molecule has 107 valence electrons. The van der Waals surface area contributed by atoms with Crippen LogP contribution in [-0.2, 0) is 0 Å². The van der Waals surface area contributed by atoms with E-state index in [0.29, 0.717) is 5.41 Å². The molecule has 18 heavy (non-hydrogen) atoms. The van der Waals surface area contributed by atoms with Gasteiger partial charge in [0.1, 0.15) is 0 Å². The first-order valence-electron chi connectivity index (χ1n) is 8.10. The van der Waals surface area contributed by atoms with E-state index in [1.807, 2.05) is 0 Å². The van der Waals surface area contributed by atoms with Crippen LogP contribution in [0.5, 0.6) is 0 Å². The highest BCUT2D eigenvalue weighted by atomic mass is 14.9. The Morgan fingerprint density at radius 1 is 1.22 bits per heavy atom. The van der Waals surface area contributed by atoms with Crippen molar-refractivity contribution in [3.05, 3.63) is 6.92 Å². The smallest absolute Gasteiger partial charge is 0.000517 e. The Labute approximate surface area is 115 Å². The first-order chi connectivity index (χ1) is 8.60. The van der Waals surface area contributed by atoms with Crippen molar-refractivity contribution in [2.24, 2.45) is 17.3 Å². The molecule has 0 aromatic rings. The van der Waals surface area contributed by atoms with Crippen LogP contribution in [0.25, 0.3) is 0 Å². The molecule has 2 unspecified atom stereocenters. The number of hydrogen-bond acceptors (Lipinski definition) is 1. The molecule has 0 aromatic heterocycles. The summed E-state index contributed by atoms with van der Waals surface area (Å²) in [6.07, 6.45) is 10.8. The van der Waals surface area contributed by atoms with E-state index in [0.717, 1.165) is 18.3 Å². The zero-order valence-corrected chi connectivity index (χ0v) is 12.9. The van der Waals surface area contributed by atoms with E-state index in [2.05, 4.69) is 33.0 Å². The van der Waals surface area contributed by atoms with E-state index < -0.39 is 0 Å². The molecule has 1 saturated carbocycles. The SMILES string of the molecule is [CH2]CCC1CCC(C(C)(C)CNCCCCC)C1. The summed E-state index contributed by atoms with van der Waals surface area (Å²) in [7, 11) is 0. The van der Waals surface area contributed by atoms with Crippen molar-refractivity contribution in [3.63, 3.8) is 0 Å². The molecule has 0 heterocycles. The van der Waals surface area contributed by atoms with Crippen LogP contribution in [0, 0.1) is 24.2 Å². The first-order valence-corrected chi connectivity index (χ1v) is 8.10. The van der Waals surface area contributed by atoms with Gasteiger partial charge in [-0.3, -0.25) is 0 Å². The molecule has 0 spiro atoms. The Morgan fingerprint density at radius 3 is 2.67 bits per heavy atom. The predicted octanol–water partition coefficient (Wildman–Crippen LogP) is 4.82. The van der Waals surface area contributed by atoms with Crippen molar-refractivity contribution in [1.82, 2.24) is 5.32 Å². The largest absolute Gasteiger partial charge is 0.316 e. The van der Waals surface area contributed by atoms with Gasteiger partial charge in [-0.25, -0.2) is 0 Å². The topological polar surface area (TPSA) is 12.0 Å². The lowest BCUT2D eigenvalue weighted by Crippen LogP contribution is -2.35. The standard InChI is InChI=1S/C17H34N/c1-5-7-8-12-18-14-17(3,4)16-11-10-15(13-16)9-6-2/h15-16,18H,2,5-14H2,1,3-4H3. The molecular weight excluding hydrogens is 218 g/mol. The van der Waals surface area contributed by atoms with Crippen molar-refractivity contribution in [2.45, 2.75) is 72.1 Å². The highest BCUT2D eigenvalue weighted by Crippen LogP contribution is 2.43. The zero-order valence-electron chi connectivity index (χ0n) is 12.9. The number of unbranched alkanes of at least 4 members (excludes halogenated alkanes) is 2. The summed E-state index contributed by atoms with van der Waals surface area (Å²) in [4.78, 5) is 0. The second kappa shape index (κ2) is 8.19. The predicted molar refractivity (Wildman–Crippen MR) is 81.6 cm³/mol. The van der Waals surface area contributed by atoms with Gasteiger partial charge in [0.25, 0.3) is 0 Å². The molecule has 1 aliphatic carbocycles. The Hall–Kier alpha value is -0.0400. The number of nitrogens with one attached hydrogen (secondary N) is 1. The normalized spacial score (nSPS) is 24.7. The van der Waals surface area contributed by atoms with Gasteiger partial charge in [-0.15, -0.1) is 0 Å². The van der Waals surface area contributed by atoms with Crippen molar-refractivity contribution in [2.75, 3.05) is 13.1 Å². The molecule has 1 heteroatoms. The summed E-state index contributed by atoms with van der Waals surface area (Å²) in [5, 5.41) is 3.67. The van der Waals surface area contributed by atoms with Crippen LogP contribution in [0.2, 0.25) is 0 Å². The van der Waals surface area contributed by atoms with Crippen molar-refractivity contribution in [3.8, 4) is 0 Å². The van der Waals surface area contributed by atoms with Crippen molar-refractivity contribution < 1.29 is 0 Å². The molecule has 1 rings (SSSR count). The minimum Gasteiger partial charge on any atom is -0.316 e. The summed E-state index contributed by atoms with van der Waals surface area (Å²) in [6.45, 7) is 13.6. The molecule has 1 N–H and O–H groups in total. The third kappa shape index (κ3) is 5.30. The van der Waals surface area contributed by atoms with Gasteiger partial charge in [0.05, 0.1) is 0 Å². The van der Waals surface area contributed by atoms with E-state index in [4.69, 9.17) is 0 Å². The Balaban J connectivity index is 2.22. The highest BCUT2D eigenvalue weighted by molar-refractivity contribution is 4.87. The summed E-state index contributed by atoms with van der Waals surface area (Å²) in [5.41, 5.74) is 0.474. The molecule has 1 nitrogen and oxygen atoms in total. The third-order valence-electron chi connectivity index (χ3n) is 4.80. The fraction of sp³-hybridized carbons (Fsp3) is 0.941. The highest BCUT2D eigenvalue weighted by Gasteiger charge is 2.35. The Morgan fingerprint density at radius 2 is 2.00 bits per heavy atom. The van der Waals surface area contributed by atoms with Crippen LogP contribution in [0.4, 0.5) is 0 Å². The van der Waals surface area contributed by atoms with E-state index in [-0.39, 0.29) is 0 Å². The Kier molecular flexibility index (Phi) is 7.29. The summed E-state index contributed by atoms with van der Waals surface area (Å²) in [6, 6.07) is 0. The number of hydrogen-bond donors (Lipinski definition) is 1. The van der Waals surface area contributed by atoms with Gasteiger partial charge >= 0.3 is 0 Å². The molecule has 0 bridgehead atoms. The second-order valence-corrected chi connectivity index (χ2v) is 6.89. The molecule has 1 radical (unpaired) electrons. The fourth-order valence-electron chi connectivity index (χ4n) is 3.39. The lowest BCUT2D eigenvalue weighted by molar-refractivity contribution is 0.202. The van der Waals surface area contributed by atoms with Gasteiger partial charge in [0, 0.05) is 6.54 Å². The molecule has 1 fully saturated rings. The van der Waals surface area contributed by atoms with E-state index in [1.54, 1.807) is 0 Å². The zero-order chi connectivity index (χ0) is 13.4. The van der Waals surface area contributed by atoms with Crippen molar-refractivity contribution in [1.29, 1.82) is 0 Å². The van der Waals surface area contributed by atoms with Crippen LogP contribution in [-0.4, -0.2) is 13.1 Å². The quantitative estimate of drug-likeness (QED) is 0.580. The molecule has 0 saturated heterocycles. The molecule has 2 atom stereocenters. The molecule has 1 aliphatic rings. The monoisotopic (exact) mass is 252 g/mol. The van der Waals surface area contributed by atoms with Gasteiger partial charge in [0.15, 0.2) is 0 Å². The van der Waals surface area contributed by atoms with Gasteiger partial charge in [-0.2, -0.15) is 0 Å². The van der Waals surface area contributed by atoms with Crippen LogP contribution in [0.1, 0.15) is 72.1 Å². The average Bonchev–Trinajstić information content (AvgIpc) is 2.79. The van der Waals surface area contributed by atoms with Crippen LogP contribution in [0.15, 0.2) is 0 Å². The third-order valence-corrected chi connectivity index (χ3v) is 4.80. The van der Waals surface area contributed by atoms with Crippen LogP contribution < -0.4 is 5.32 Å². The van der Waals surface area contributed by atoms with Crippen molar-refractivity contribution >= 4 is 0 Å². The molecule has 0 amide bonds.